The molecule has 1 aromatic carbocycles. The zero-order valence-electron chi connectivity index (χ0n) is 16.8. The molecule has 0 bridgehead atoms. The summed E-state index contributed by atoms with van der Waals surface area (Å²) in [5.74, 6) is -4.69. The van der Waals surface area contributed by atoms with Gasteiger partial charge in [-0.15, -0.1) is 0 Å². The third kappa shape index (κ3) is 9.30. The molecule has 1 aliphatic rings. The molecular weight excluding hydrogens is 505 g/mol. The van der Waals surface area contributed by atoms with Gasteiger partial charge in [-0.2, -0.15) is 26.3 Å². The van der Waals surface area contributed by atoms with Gasteiger partial charge in [0.05, 0.1) is 16.1 Å². The van der Waals surface area contributed by atoms with Gasteiger partial charge in [0.25, 0.3) is 0 Å². The van der Waals surface area contributed by atoms with Crippen LogP contribution in [0.2, 0.25) is 10.0 Å². The summed E-state index contributed by atoms with van der Waals surface area (Å²) in [6.07, 6.45) is -7.36. The lowest BCUT2D eigenvalue weighted by molar-refractivity contribution is -0.192. The number of nitrogens with one attached hydrogen (secondary N) is 2. The number of halogens is 8. The fraction of sp³-hybridized carbons (Fsp3) is 0.474. The SMILES string of the molecule is C=CCOc1cc(Cl)c(Cl)cc1C(NC(=O)C(F)(F)F)C1CCNCC1.O=C(O)C(F)(F)F. The van der Waals surface area contributed by atoms with Crippen LogP contribution in [0.3, 0.4) is 0 Å². The van der Waals surface area contributed by atoms with E-state index in [0.29, 0.717) is 31.5 Å². The van der Waals surface area contributed by atoms with Crippen LogP contribution in [0.4, 0.5) is 26.3 Å². The molecular formula is C19H20Cl2F6N2O4. The number of alkyl halides is 6. The van der Waals surface area contributed by atoms with Gasteiger partial charge in [0.15, 0.2) is 0 Å². The predicted molar refractivity (Wildman–Crippen MR) is 108 cm³/mol. The number of carbonyl (C=O) groups excluding carboxylic acids is 1. The Bertz CT molecular complexity index is 843. The van der Waals surface area contributed by atoms with Gasteiger partial charge in [0, 0.05) is 11.6 Å². The average molecular weight is 525 g/mol. The van der Waals surface area contributed by atoms with Crippen molar-refractivity contribution in [2.45, 2.75) is 31.2 Å². The molecule has 6 nitrogen and oxygen atoms in total. The Labute approximate surface area is 194 Å². The molecule has 0 aromatic heterocycles. The minimum absolute atomic E-state index is 0.136. The molecule has 3 N–H and O–H groups in total. The second kappa shape index (κ2) is 12.3. The van der Waals surface area contributed by atoms with E-state index in [1.54, 1.807) is 0 Å². The molecule has 1 heterocycles. The molecule has 1 saturated heterocycles. The van der Waals surface area contributed by atoms with Crippen LogP contribution in [0.15, 0.2) is 24.8 Å². The summed E-state index contributed by atoms with van der Waals surface area (Å²) in [5, 5.41) is 12.8. The van der Waals surface area contributed by atoms with E-state index in [9.17, 15) is 31.1 Å². The van der Waals surface area contributed by atoms with Gasteiger partial charge in [-0.1, -0.05) is 35.9 Å². The van der Waals surface area contributed by atoms with Crippen LogP contribution in [0.5, 0.6) is 5.75 Å². The molecule has 0 saturated carbocycles. The number of aliphatic carboxylic acids is 1. The molecule has 1 unspecified atom stereocenters. The standard InChI is InChI=1S/C17H19Cl2F3N2O2.C2HF3O2/c1-2-7-26-14-9-13(19)12(18)8-11(14)15(10-3-5-23-6-4-10)24-16(25)17(20,21)22;3-2(4,5)1(6)7/h2,8-10,15,23H,1,3-7H2,(H,24,25);(H,6,7). The summed E-state index contributed by atoms with van der Waals surface area (Å²) in [4.78, 5) is 20.5. The Hall–Kier alpha value is -2.18. The maximum atomic E-state index is 12.8. The van der Waals surface area contributed by atoms with Crippen molar-refractivity contribution >= 4 is 35.1 Å². The summed E-state index contributed by atoms with van der Waals surface area (Å²) < 4.78 is 75.8. The Morgan fingerprint density at radius 1 is 1.15 bits per heavy atom. The largest absolute Gasteiger partial charge is 0.490 e. The van der Waals surface area contributed by atoms with Crippen molar-refractivity contribution in [1.29, 1.82) is 0 Å². The van der Waals surface area contributed by atoms with E-state index in [1.165, 1.54) is 18.2 Å². The van der Waals surface area contributed by atoms with Crippen LogP contribution in [0.25, 0.3) is 0 Å². The number of carbonyl (C=O) groups is 2. The van der Waals surface area contributed by atoms with Crippen LogP contribution in [0, 0.1) is 5.92 Å². The van der Waals surface area contributed by atoms with Crippen molar-refractivity contribution in [3.05, 3.63) is 40.4 Å². The Balaban J connectivity index is 0.000000675. The minimum atomic E-state index is -5.08. The molecule has 33 heavy (non-hydrogen) atoms. The molecule has 1 amide bonds. The first-order valence-corrected chi connectivity index (χ1v) is 10.0. The lowest BCUT2D eigenvalue weighted by Crippen LogP contribution is -2.44. The van der Waals surface area contributed by atoms with Crippen molar-refractivity contribution in [3.8, 4) is 5.75 Å². The summed E-state index contributed by atoms with van der Waals surface area (Å²) in [5.41, 5.74) is 0.366. The molecule has 1 fully saturated rings. The van der Waals surface area contributed by atoms with E-state index in [1.807, 2.05) is 0 Å². The number of hydrogen-bond donors (Lipinski definition) is 3. The molecule has 1 aliphatic heterocycles. The molecule has 1 aromatic rings. The lowest BCUT2D eigenvalue weighted by Gasteiger charge is -2.33. The fourth-order valence-electron chi connectivity index (χ4n) is 2.91. The van der Waals surface area contributed by atoms with Gasteiger partial charge in [-0.05, 0) is 37.9 Å². The van der Waals surface area contributed by atoms with Crippen LogP contribution >= 0.6 is 23.2 Å². The predicted octanol–water partition coefficient (Wildman–Crippen LogP) is 4.91. The first-order valence-electron chi connectivity index (χ1n) is 9.29. The van der Waals surface area contributed by atoms with Gasteiger partial charge in [-0.3, -0.25) is 4.79 Å². The number of piperidine rings is 1. The van der Waals surface area contributed by atoms with E-state index in [0.717, 1.165) is 0 Å². The summed E-state index contributed by atoms with van der Waals surface area (Å²) in [6.45, 7) is 4.98. The second-order valence-corrected chi connectivity index (χ2v) is 7.56. The molecule has 0 radical (unpaired) electrons. The fourth-order valence-corrected chi connectivity index (χ4v) is 3.24. The van der Waals surface area contributed by atoms with Crippen molar-refractivity contribution in [1.82, 2.24) is 10.6 Å². The third-order valence-electron chi connectivity index (χ3n) is 4.39. The Kier molecular flexibility index (Phi) is 10.8. The van der Waals surface area contributed by atoms with Gasteiger partial charge < -0.3 is 20.5 Å². The first-order chi connectivity index (χ1) is 15.2. The number of carboxylic acid groups (broad SMARTS) is 1. The molecule has 1 atom stereocenters. The number of rotatable bonds is 6. The smallest absolute Gasteiger partial charge is 0.489 e. The summed E-state index contributed by atoms with van der Waals surface area (Å²) in [6, 6.07) is 1.99. The van der Waals surface area contributed by atoms with Crippen LogP contribution in [0.1, 0.15) is 24.4 Å². The summed E-state index contributed by atoms with van der Waals surface area (Å²) >= 11 is 12.1. The third-order valence-corrected chi connectivity index (χ3v) is 5.11. The van der Waals surface area contributed by atoms with Crippen LogP contribution in [-0.4, -0.2) is 49.0 Å². The average Bonchev–Trinajstić information content (AvgIpc) is 2.72. The van der Waals surface area contributed by atoms with E-state index in [-0.39, 0.29) is 28.3 Å². The minimum Gasteiger partial charge on any atom is -0.489 e. The van der Waals surface area contributed by atoms with Gasteiger partial charge in [0.1, 0.15) is 12.4 Å². The van der Waals surface area contributed by atoms with Crippen molar-refractivity contribution in [2.75, 3.05) is 19.7 Å². The maximum Gasteiger partial charge on any atom is 0.490 e. The van der Waals surface area contributed by atoms with E-state index in [4.69, 9.17) is 37.8 Å². The highest BCUT2D eigenvalue weighted by molar-refractivity contribution is 6.42. The van der Waals surface area contributed by atoms with Gasteiger partial charge in [0.2, 0.25) is 0 Å². The number of amides is 1. The highest BCUT2D eigenvalue weighted by atomic mass is 35.5. The normalized spacial score (nSPS) is 15.6. The zero-order valence-corrected chi connectivity index (χ0v) is 18.3. The summed E-state index contributed by atoms with van der Waals surface area (Å²) in [7, 11) is 0. The molecule has 2 rings (SSSR count). The van der Waals surface area contributed by atoms with Crippen LogP contribution < -0.4 is 15.4 Å². The lowest BCUT2D eigenvalue weighted by atomic mass is 9.85. The zero-order chi connectivity index (χ0) is 25.4. The molecule has 0 aliphatic carbocycles. The number of carboxylic acids is 1. The highest BCUT2D eigenvalue weighted by Gasteiger charge is 2.42. The van der Waals surface area contributed by atoms with Gasteiger partial charge in [-0.25, -0.2) is 4.79 Å². The number of hydrogen-bond acceptors (Lipinski definition) is 4. The Morgan fingerprint density at radius 2 is 1.67 bits per heavy atom. The monoisotopic (exact) mass is 524 g/mol. The van der Waals surface area contributed by atoms with Crippen molar-refractivity contribution in [3.63, 3.8) is 0 Å². The molecule has 0 spiro atoms. The molecule has 186 valence electrons. The van der Waals surface area contributed by atoms with E-state index < -0.39 is 30.3 Å². The number of benzene rings is 1. The van der Waals surface area contributed by atoms with Gasteiger partial charge >= 0.3 is 24.2 Å². The van der Waals surface area contributed by atoms with Crippen molar-refractivity contribution in [2.24, 2.45) is 5.92 Å². The maximum absolute atomic E-state index is 12.8. The van der Waals surface area contributed by atoms with E-state index in [2.05, 4.69) is 17.2 Å². The van der Waals surface area contributed by atoms with Crippen LogP contribution in [-0.2, 0) is 9.59 Å². The van der Waals surface area contributed by atoms with Crippen molar-refractivity contribution < 1.29 is 45.8 Å². The first kappa shape index (κ1) is 28.9. The topological polar surface area (TPSA) is 87.7 Å². The second-order valence-electron chi connectivity index (χ2n) is 6.74. The Morgan fingerprint density at radius 3 is 2.12 bits per heavy atom. The quantitative estimate of drug-likeness (QED) is 0.363. The molecule has 14 heteroatoms. The van der Waals surface area contributed by atoms with E-state index >= 15 is 0 Å². The highest BCUT2D eigenvalue weighted by Crippen LogP contribution is 2.39. The number of ether oxygens (including phenoxy) is 1.